The van der Waals surface area contributed by atoms with Crippen LogP contribution in [0.4, 0.5) is 0 Å². The second-order valence-corrected chi connectivity index (χ2v) is 4.40. The van der Waals surface area contributed by atoms with Crippen molar-refractivity contribution in [1.29, 1.82) is 0 Å². The Bertz CT molecular complexity index is 267. The number of pyridine rings is 1. The van der Waals surface area contributed by atoms with Gasteiger partial charge in [0.2, 0.25) is 0 Å². The summed E-state index contributed by atoms with van der Waals surface area (Å²) in [5.74, 6) is 0.737. The van der Waals surface area contributed by atoms with Gasteiger partial charge >= 0.3 is 0 Å². The molecule has 1 heterocycles. The lowest BCUT2D eigenvalue weighted by molar-refractivity contribution is 0.334. The third-order valence-electron chi connectivity index (χ3n) is 1.14. The molecule has 5 heteroatoms. The van der Waals surface area contributed by atoms with Gasteiger partial charge < -0.3 is 4.74 Å². The summed E-state index contributed by atoms with van der Waals surface area (Å²) in [7, 11) is 0. The number of ether oxygens (including phenoxy) is 1. The van der Waals surface area contributed by atoms with Gasteiger partial charge in [0.25, 0.3) is 0 Å². The van der Waals surface area contributed by atoms with Gasteiger partial charge in [0, 0.05) is 0 Å². The molecule has 0 radical (unpaired) electrons. The van der Waals surface area contributed by atoms with Gasteiger partial charge in [-0.1, -0.05) is 0 Å². The molecule has 0 aliphatic heterocycles. The molecule has 0 saturated heterocycles. The Kier molecular flexibility index (Phi) is 3.99. The van der Waals surface area contributed by atoms with E-state index < -0.39 is 0 Å². The van der Waals surface area contributed by atoms with Gasteiger partial charge in [-0.3, -0.25) is 0 Å². The summed E-state index contributed by atoms with van der Waals surface area (Å²) < 4.78 is 7.70. The van der Waals surface area contributed by atoms with Gasteiger partial charge in [-0.15, -0.1) is 0 Å². The number of halogens is 3. The van der Waals surface area contributed by atoms with E-state index >= 15 is 0 Å². The van der Waals surface area contributed by atoms with Crippen LogP contribution in [0.25, 0.3) is 0 Å². The maximum absolute atomic E-state index is 5.35. The first kappa shape index (κ1) is 10.5. The van der Waals surface area contributed by atoms with Crippen molar-refractivity contribution in [3.05, 3.63) is 19.7 Å². The fourth-order valence-electron chi connectivity index (χ4n) is 0.718. The molecule has 0 aliphatic rings. The van der Waals surface area contributed by atoms with Crippen molar-refractivity contribution in [2.24, 2.45) is 0 Å². The van der Waals surface area contributed by atoms with Crippen LogP contribution >= 0.6 is 47.8 Å². The Balaban J connectivity index is 3.10. The standard InChI is InChI=1S/C7H6Br3NO/c1-2-12-6-4(8)3-5(9)11-7(6)10/h3H,2H2,1H3. The van der Waals surface area contributed by atoms with E-state index in [0.717, 1.165) is 14.8 Å². The van der Waals surface area contributed by atoms with E-state index in [4.69, 9.17) is 4.74 Å². The van der Waals surface area contributed by atoms with Gasteiger partial charge in [-0.25, -0.2) is 4.98 Å². The molecule has 0 aromatic carbocycles. The van der Waals surface area contributed by atoms with Crippen LogP contribution in [0.5, 0.6) is 5.75 Å². The minimum absolute atomic E-state index is 0.626. The van der Waals surface area contributed by atoms with Crippen LogP contribution in [0.3, 0.4) is 0 Å². The maximum atomic E-state index is 5.35. The maximum Gasteiger partial charge on any atom is 0.166 e. The molecule has 0 saturated carbocycles. The highest BCUT2D eigenvalue weighted by Gasteiger charge is 2.08. The lowest BCUT2D eigenvalue weighted by atomic mass is 10.5. The van der Waals surface area contributed by atoms with E-state index in [1.807, 2.05) is 13.0 Å². The topological polar surface area (TPSA) is 22.1 Å². The van der Waals surface area contributed by atoms with E-state index in [0.29, 0.717) is 11.2 Å². The van der Waals surface area contributed by atoms with E-state index in [-0.39, 0.29) is 0 Å². The molecule has 0 amide bonds. The van der Waals surface area contributed by atoms with E-state index in [1.165, 1.54) is 0 Å². The van der Waals surface area contributed by atoms with Crippen molar-refractivity contribution >= 4 is 47.8 Å². The second-order valence-electron chi connectivity index (χ2n) is 1.98. The first-order valence-electron chi connectivity index (χ1n) is 3.29. The molecule has 2 nitrogen and oxygen atoms in total. The fourth-order valence-corrected chi connectivity index (χ4v) is 2.97. The molecule has 0 aliphatic carbocycles. The Morgan fingerprint density at radius 1 is 1.42 bits per heavy atom. The molecule has 1 aromatic rings. The van der Waals surface area contributed by atoms with Crippen molar-refractivity contribution in [2.45, 2.75) is 6.92 Å². The number of nitrogens with zero attached hydrogens (tertiary/aromatic N) is 1. The third kappa shape index (κ3) is 2.44. The average Bonchev–Trinajstić information content (AvgIpc) is 1.96. The number of hydrogen-bond donors (Lipinski definition) is 0. The Labute approximate surface area is 96.1 Å². The van der Waals surface area contributed by atoms with Crippen LogP contribution in [0.1, 0.15) is 6.92 Å². The molecule has 0 bridgehead atoms. The molecule has 0 spiro atoms. The SMILES string of the molecule is CCOc1c(Br)cc(Br)nc1Br. The first-order valence-corrected chi connectivity index (χ1v) is 5.67. The number of aromatic nitrogens is 1. The highest BCUT2D eigenvalue weighted by Crippen LogP contribution is 2.33. The molecule has 12 heavy (non-hydrogen) atoms. The normalized spacial score (nSPS) is 10.0. The predicted octanol–water partition coefficient (Wildman–Crippen LogP) is 3.77. The molecule has 0 unspecified atom stereocenters. The van der Waals surface area contributed by atoms with Crippen LogP contribution in [0.15, 0.2) is 19.7 Å². The van der Waals surface area contributed by atoms with Gasteiger partial charge in [0.05, 0.1) is 11.1 Å². The number of hydrogen-bond acceptors (Lipinski definition) is 2. The van der Waals surface area contributed by atoms with Crippen molar-refractivity contribution < 1.29 is 4.74 Å². The van der Waals surface area contributed by atoms with Crippen molar-refractivity contribution in [2.75, 3.05) is 6.61 Å². The highest BCUT2D eigenvalue weighted by molar-refractivity contribution is 9.11. The van der Waals surface area contributed by atoms with Gasteiger partial charge in [0.1, 0.15) is 9.21 Å². The average molecular weight is 360 g/mol. The van der Waals surface area contributed by atoms with E-state index in [1.54, 1.807) is 0 Å². The quantitative estimate of drug-likeness (QED) is 0.750. The van der Waals surface area contributed by atoms with Crippen LogP contribution < -0.4 is 4.74 Å². The summed E-state index contributed by atoms with van der Waals surface area (Å²) in [5.41, 5.74) is 0. The van der Waals surface area contributed by atoms with E-state index in [2.05, 4.69) is 52.8 Å². The second kappa shape index (κ2) is 4.58. The molecule has 0 fully saturated rings. The summed E-state index contributed by atoms with van der Waals surface area (Å²) in [6, 6.07) is 1.84. The summed E-state index contributed by atoms with van der Waals surface area (Å²) in [4.78, 5) is 4.13. The monoisotopic (exact) mass is 357 g/mol. The zero-order chi connectivity index (χ0) is 9.14. The molecule has 1 rings (SSSR count). The molecule has 66 valence electrons. The first-order chi connectivity index (χ1) is 5.65. The lowest BCUT2D eigenvalue weighted by Gasteiger charge is -2.07. The van der Waals surface area contributed by atoms with Crippen LogP contribution in [-0.4, -0.2) is 11.6 Å². The van der Waals surface area contributed by atoms with Crippen molar-refractivity contribution in [3.63, 3.8) is 0 Å². The largest absolute Gasteiger partial charge is 0.490 e. The van der Waals surface area contributed by atoms with Crippen LogP contribution in [0, 0.1) is 0 Å². The molecule has 0 N–H and O–H groups in total. The third-order valence-corrected chi connectivity index (χ3v) is 2.68. The minimum Gasteiger partial charge on any atom is -0.490 e. The zero-order valence-corrected chi connectivity index (χ0v) is 11.0. The zero-order valence-electron chi connectivity index (χ0n) is 6.27. The van der Waals surface area contributed by atoms with Crippen LogP contribution in [0.2, 0.25) is 0 Å². The van der Waals surface area contributed by atoms with Crippen molar-refractivity contribution in [3.8, 4) is 5.75 Å². The van der Waals surface area contributed by atoms with Crippen LogP contribution in [-0.2, 0) is 0 Å². The van der Waals surface area contributed by atoms with Gasteiger partial charge in [-0.05, 0) is 60.8 Å². The van der Waals surface area contributed by atoms with Gasteiger partial charge in [-0.2, -0.15) is 0 Å². The molecule has 0 atom stereocenters. The van der Waals surface area contributed by atoms with Gasteiger partial charge in [0.15, 0.2) is 5.75 Å². The smallest absolute Gasteiger partial charge is 0.166 e. The molecule has 1 aromatic heterocycles. The summed E-state index contributed by atoms with van der Waals surface area (Å²) >= 11 is 9.95. The predicted molar refractivity (Wildman–Crippen MR) is 58.5 cm³/mol. The Morgan fingerprint density at radius 3 is 2.58 bits per heavy atom. The summed E-state index contributed by atoms with van der Waals surface area (Å²) in [6.45, 7) is 2.56. The minimum atomic E-state index is 0.626. The molecular weight excluding hydrogens is 354 g/mol. The van der Waals surface area contributed by atoms with E-state index in [9.17, 15) is 0 Å². The Morgan fingerprint density at radius 2 is 2.08 bits per heavy atom. The fraction of sp³-hybridized carbons (Fsp3) is 0.286. The Hall–Kier alpha value is 0.390. The number of rotatable bonds is 2. The highest BCUT2D eigenvalue weighted by atomic mass is 79.9. The summed E-state index contributed by atoms with van der Waals surface area (Å²) in [5, 5.41) is 0. The molecular formula is C7H6Br3NO. The summed E-state index contributed by atoms with van der Waals surface area (Å²) in [6.07, 6.45) is 0. The lowest BCUT2D eigenvalue weighted by Crippen LogP contribution is -1.95. The van der Waals surface area contributed by atoms with Crippen molar-refractivity contribution in [1.82, 2.24) is 4.98 Å².